The van der Waals surface area contributed by atoms with Gasteiger partial charge in [0.2, 0.25) is 5.91 Å². The van der Waals surface area contributed by atoms with E-state index in [1.807, 2.05) is 52.0 Å². The molecule has 4 rings (SSSR count). The van der Waals surface area contributed by atoms with Gasteiger partial charge in [-0.3, -0.25) is 9.59 Å². The number of aromatic nitrogens is 3. The number of aryl methyl sites for hydroxylation is 3. The first-order chi connectivity index (χ1) is 15.4. The standard InChI is InChI=1S/C24H24N4O3S/c1-5-31-19-9-7-6-8-18(19)26-20(29)13-28-24(30)22-23(32-16(4)25-22)21(27-28)17-11-10-14(2)12-15(17)3/h6-12H,5,13H2,1-4H3,(H,26,29). The van der Waals surface area contributed by atoms with Crippen molar-refractivity contribution in [2.75, 3.05) is 11.9 Å². The van der Waals surface area contributed by atoms with E-state index in [2.05, 4.69) is 21.5 Å². The monoisotopic (exact) mass is 448 g/mol. The van der Waals surface area contributed by atoms with Crippen LogP contribution in [-0.4, -0.2) is 27.3 Å². The fourth-order valence-corrected chi connectivity index (χ4v) is 4.52. The second-order valence-electron chi connectivity index (χ2n) is 7.52. The van der Waals surface area contributed by atoms with Crippen LogP contribution < -0.4 is 15.6 Å². The Morgan fingerprint density at radius 1 is 1.16 bits per heavy atom. The van der Waals surface area contributed by atoms with Crippen LogP contribution in [0.15, 0.2) is 47.3 Å². The number of thiazole rings is 1. The molecule has 1 N–H and O–H groups in total. The fraction of sp³-hybridized carbons (Fsp3) is 0.250. The number of benzene rings is 2. The van der Waals surface area contributed by atoms with Crippen LogP contribution in [0.25, 0.3) is 21.5 Å². The predicted octanol–water partition coefficient (Wildman–Crippen LogP) is 4.48. The van der Waals surface area contributed by atoms with Crippen molar-refractivity contribution < 1.29 is 9.53 Å². The summed E-state index contributed by atoms with van der Waals surface area (Å²) in [6.07, 6.45) is 0. The minimum Gasteiger partial charge on any atom is -0.492 e. The van der Waals surface area contributed by atoms with Crippen LogP contribution in [0, 0.1) is 20.8 Å². The molecule has 0 radical (unpaired) electrons. The lowest BCUT2D eigenvalue weighted by Gasteiger charge is -2.13. The van der Waals surface area contributed by atoms with Gasteiger partial charge >= 0.3 is 0 Å². The molecule has 0 saturated heterocycles. The Labute approximate surface area is 189 Å². The molecule has 8 heteroatoms. The van der Waals surface area contributed by atoms with Crippen molar-refractivity contribution in [2.45, 2.75) is 34.2 Å². The molecule has 32 heavy (non-hydrogen) atoms. The van der Waals surface area contributed by atoms with Crippen LogP contribution in [0.3, 0.4) is 0 Å². The molecule has 164 valence electrons. The van der Waals surface area contributed by atoms with E-state index in [4.69, 9.17) is 4.74 Å². The van der Waals surface area contributed by atoms with Crippen molar-refractivity contribution in [1.82, 2.24) is 14.8 Å². The van der Waals surface area contributed by atoms with Crippen LogP contribution in [0.5, 0.6) is 5.75 Å². The summed E-state index contributed by atoms with van der Waals surface area (Å²) in [5.41, 5.74) is 4.26. The summed E-state index contributed by atoms with van der Waals surface area (Å²) in [5.74, 6) is 0.204. The molecule has 1 amide bonds. The van der Waals surface area contributed by atoms with Crippen LogP contribution in [0.2, 0.25) is 0 Å². The average Bonchev–Trinajstić information content (AvgIpc) is 3.14. The van der Waals surface area contributed by atoms with Crippen LogP contribution in [0.1, 0.15) is 23.1 Å². The van der Waals surface area contributed by atoms with E-state index in [-0.39, 0.29) is 18.0 Å². The third-order valence-corrected chi connectivity index (χ3v) is 5.98. The van der Waals surface area contributed by atoms with E-state index in [0.29, 0.717) is 29.3 Å². The first kappa shape index (κ1) is 21.7. The van der Waals surface area contributed by atoms with Crippen molar-refractivity contribution in [3.05, 3.63) is 69.0 Å². The summed E-state index contributed by atoms with van der Waals surface area (Å²) >= 11 is 1.43. The lowest BCUT2D eigenvalue weighted by atomic mass is 10.0. The lowest BCUT2D eigenvalue weighted by molar-refractivity contribution is -0.117. The maximum Gasteiger partial charge on any atom is 0.294 e. The highest BCUT2D eigenvalue weighted by molar-refractivity contribution is 7.19. The van der Waals surface area contributed by atoms with Gasteiger partial charge in [0.15, 0.2) is 5.52 Å². The normalized spacial score (nSPS) is 11.0. The molecule has 0 spiro atoms. The number of amides is 1. The Bertz CT molecular complexity index is 1370. The van der Waals surface area contributed by atoms with E-state index >= 15 is 0 Å². The second kappa shape index (κ2) is 8.92. The summed E-state index contributed by atoms with van der Waals surface area (Å²) in [6.45, 7) is 8.02. The van der Waals surface area contributed by atoms with E-state index in [1.165, 1.54) is 16.0 Å². The number of para-hydroxylation sites is 2. The number of ether oxygens (including phenoxy) is 1. The summed E-state index contributed by atoms with van der Waals surface area (Å²) in [6, 6.07) is 13.3. The zero-order valence-electron chi connectivity index (χ0n) is 18.4. The third kappa shape index (κ3) is 4.27. The maximum atomic E-state index is 13.1. The molecular formula is C24H24N4O3S. The Morgan fingerprint density at radius 2 is 1.94 bits per heavy atom. The Kier molecular flexibility index (Phi) is 6.05. The van der Waals surface area contributed by atoms with E-state index in [0.717, 1.165) is 26.4 Å². The molecule has 0 unspecified atom stereocenters. The minimum absolute atomic E-state index is 0.232. The number of carbonyl (C=O) groups excluding carboxylic acids is 1. The fourth-order valence-electron chi connectivity index (χ4n) is 3.61. The van der Waals surface area contributed by atoms with Gasteiger partial charge in [-0.2, -0.15) is 5.10 Å². The Balaban J connectivity index is 1.74. The number of hydrogen-bond donors (Lipinski definition) is 1. The SMILES string of the molecule is CCOc1ccccc1NC(=O)Cn1nc(-c2ccc(C)cc2C)c2sc(C)nc2c1=O. The van der Waals surface area contributed by atoms with Crippen LogP contribution >= 0.6 is 11.3 Å². The van der Waals surface area contributed by atoms with Gasteiger partial charge in [0.25, 0.3) is 5.56 Å². The first-order valence-electron chi connectivity index (χ1n) is 10.3. The van der Waals surface area contributed by atoms with Gasteiger partial charge in [0.1, 0.15) is 18.0 Å². The molecule has 4 aromatic rings. The Hall–Kier alpha value is -3.52. The molecule has 0 aliphatic rings. The highest BCUT2D eigenvalue weighted by Gasteiger charge is 2.19. The minimum atomic E-state index is -0.383. The van der Waals surface area contributed by atoms with E-state index in [9.17, 15) is 9.59 Å². The van der Waals surface area contributed by atoms with Crippen LogP contribution in [-0.2, 0) is 11.3 Å². The van der Waals surface area contributed by atoms with E-state index in [1.54, 1.807) is 12.1 Å². The lowest BCUT2D eigenvalue weighted by Crippen LogP contribution is -2.30. The highest BCUT2D eigenvalue weighted by atomic mass is 32.1. The molecule has 7 nitrogen and oxygen atoms in total. The van der Waals surface area contributed by atoms with Crippen molar-refractivity contribution in [1.29, 1.82) is 0 Å². The average molecular weight is 449 g/mol. The van der Waals surface area contributed by atoms with Crippen LogP contribution in [0.4, 0.5) is 5.69 Å². The highest BCUT2D eigenvalue weighted by Crippen LogP contribution is 2.31. The van der Waals surface area contributed by atoms with Gasteiger partial charge < -0.3 is 10.1 Å². The summed E-state index contributed by atoms with van der Waals surface area (Å²) < 4.78 is 7.49. The largest absolute Gasteiger partial charge is 0.492 e. The van der Waals surface area contributed by atoms with Gasteiger partial charge in [-0.1, -0.05) is 35.9 Å². The molecule has 0 aliphatic carbocycles. The number of rotatable bonds is 6. The van der Waals surface area contributed by atoms with E-state index < -0.39 is 0 Å². The van der Waals surface area contributed by atoms with Gasteiger partial charge in [-0.15, -0.1) is 11.3 Å². The molecule has 2 aromatic heterocycles. The quantitative estimate of drug-likeness (QED) is 0.470. The van der Waals surface area contributed by atoms with Gasteiger partial charge in [0, 0.05) is 5.56 Å². The van der Waals surface area contributed by atoms with Crippen molar-refractivity contribution >= 4 is 33.1 Å². The van der Waals surface area contributed by atoms with Gasteiger partial charge in [-0.25, -0.2) is 9.67 Å². The number of fused-ring (bicyclic) bond motifs is 1. The molecular weight excluding hydrogens is 424 g/mol. The zero-order chi connectivity index (χ0) is 22.8. The Morgan fingerprint density at radius 3 is 2.69 bits per heavy atom. The first-order valence-corrected chi connectivity index (χ1v) is 11.2. The van der Waals surface area contributed by atoms with Gasteiger partial charge in [0.05, 0.1) is 22.0 Å². The molecule has 2 heterocycles. The number of nitrogens with one attached hydrogen (secondary N) is 1. The molecule has 2 aromatic carbocycles. The third-order valence-electron chi connectivity index (χ3n) is 5.00. The molecule has 0 atom stereocenters. The topological polar surface area (TPSA) is 86.1 Å². The number of nitrogens with zero attached hydrogens (tertiary/aromatic N) is 3. The number of hydrogen-bond acceptors (Lipinski definition) is 6. The molecule has 0 bridgehead atoms. The molecule has 0 saturated carbocycles. The summed E-state index contributed by atoms with van der Waals surface area (Å²) in [5, 5.41) is 8.19. The maximum absolute atomic E-state index is 13.1. The molecule has 0 aliphatic heterocycles. The summed E-state index contributed by atoms with van der Waals surface area (Å²) in [7, 11) is 0. The van der Waals surface area contributed by atoms with Crippen molar-refractivity contribution in [2.24, 2.45) is 0 Å². The van der Waals surface area contributed by atoms with Gasteiger partial charge in [-0.05, 0) is 45.4 Å². The predicted molar refractivity (Wildman–Crippen MR) is 128 cm³/mol. The number of anilines is 1. The van der Waals surface area contributed by atoms with Crippen molar-refractivity contribution in [3.63, 3.8) is 0 Å². The smallest absolute Gasteiger partial charge is 0.294 e. The molecule has 0 fully saturated rings. The summed E-state index contributed by atoms with van der Waals surface area (Å²) in [4.78, 5) is 30.3. The zero-order valence-corrected chi connectivity index (χ0v) is 19.2. The second-order valence-corrected chi connectivity index (χ2v) is 8.72. The number of carbonyl (C=O) groups is 1. The van der Waals surface area contributed by atoms with Crippen molar-refractivity contribution in [3.8, 4) is 17.0 Å².